The highest BCUT2D eigenvalue weighted by Crippen LogP contribution is 1.76. The minimum Gasteiger partial charge on any atom is -0.600 e. The van der Waals surface area contributed by atoms with Crippen molar-refractivity contribution in [3.8, 4) is 0 Å². The van der Waals surface area contributed by atoms with Crippen molar-refractivity contribution >= 4 is 7.98 Å². The summed E-state index contributed by atoms with van der Waals surface area (Å²) >= 11 is 0. The van der Waals surface area contributed by atoms with Gasteiger partial charge in [0.2, 0.25) is 0 Å². The lowest BCUT2D eigenvalue weighted by Crippen LogP contribution is -3.07. The molecule has 0 bridgehead atoms. The first-order valence-corrected chi connectivity index (χ1v) is 3.35. The Morgan fingerprint density at radius 2 is 2.00 bits per heavy atom. The molecule has 0 aliphatic heterocycles. The highest BCUT2D eigenvalue weighted by atomic mass is 15.1. The zero-order valence-electron chi connectivity index (χ0n) is 6.65. The summed E-state index contributed by atoms with van der Waals surface area (Å²) in [5, 5.41) is 0. The van der Waals surface area contributed by atoms with E-state index in [0.29, 0.717) is 0 Å². The monoisotopic (exact) mass is 127 g/mol. The minimum atomic E-state index is 1.04. The summed E-state index contributed by atoms with van der Waals surface area (Å²) in [6.07, 6.45) is 1.18. The van der Waals surface area contributed by atoms with Crippen molar-refractivity contribution in [2.75, 3.05) is 34.2 Å². The second-order valence-corrected chi connectivity index (χ2v) is 2.75. The van der Waals surface area contributed by atoms with Crippen molar-refractivity contribution < 1.29 is 4.81 Å². The van der Waals surface area contributed by atoms with Gasteiger partial charge in [0.1, 0.15) is 0 Å². The quantitative estimate of drug-likeness (QED) is 0.453. The van der Waals surface area contributed by atoms with Crippen LogP contribution >= 0.6 is 0 Å². The van der Waals surface area contributed by atoms with E-state index >= 15 is 0 Å². The van der Waals surface area contributed by atoms with Gasteiger partial charge in [0.15, 0.2) is 0 Å². The number of nitrogens with one attached hydrogen (secondary N) is 1. The van der Waals surface area contributed by atoms with Gasteiger partial charge in [0.25, 0.3) is 0 Å². The summed E-state index contributed by atoms with van der Waals surface area (Å²) in [7, 11) is 11.6. The van der Waals surface area contributed by atoms with Crippen molar-refractivity contribution in [3.05, 3.63) is 0 Å². The lowest BCUT2D eigenvalue weighted by Gasteiger charge is -2.21. The second-order valence-electron chi connectivity index (χ2n) is 2.75. The van der Waals surface area contributed by atoms with Crippen molar-refractivity contribution in [3.63, 3.8) is 0 Å². The Morgan fingerprint density at radius 3 is 2.33 bits per heavy atom. The van der Waals surface area contributed by atoms with Crippen molar-refractivity contribution in [2.45, 2.75) is 6.42 Å². The van der Waals surface area contributed by atoms with Crippen LogP contribution in [0.3, 0.4) is 0 Å². The van der Waals surface area contributed by atoms with Crippen LogP contribution in [0.5, 0.6) is 0 Å². The summed E-state index contributed by atoms with van der Waals surface area (Å²) < 4.78 is 0. The fourth-order valence-corrected chi connectivity index (χ4v) is 0.674. The molecule has 0 aliphatic rings. The molecular formula is C6H16BN2. The molecule has 0 rings (SSSR count). The van der Waals surface area contributed by atoms with Gasteiger partial charge in [-0.1, -0.05) is 0 Å². The molecule has 0 saturated carbocycles. The highest BCUT2D eigenvalue weighted by molar-refractivity contribution is 5.94. The Labute approximate surface area is 59.3 Å². The molecule has 1 atom stereocenters. The summed E-state index contributed by atoms with van der Waals surface area (Å²) in [6.45, 7) is 2.19. The minimum absolute atomic E-state index is 1.04. The van der Waals surface area contributed by atoms with Gasteiger partial charge >= 0.3 is 0 Å². The van der Waals surface area contributed by atoms with Gasteiger partial charge in [-0.3, -0.25) is 0 Å². The summed E-state index contributed by atoms with van der Waals surface area (Å²) in [5.41, 5.74) is 0. The highest BCUT2D eigenvalue weighted by Gasteiger charge is 1.88. The fourth-order valence-electron chi connectivity index (χ4n) is 0.674. The van der Waals surface area contributed by atoms with Crippen molar-refractivity contribution in [1.29, 1.82) is 0 Å². The van der Waals surface area contributed by atoms with E-state index in [1.165, 1.54) is 6.42 Å². The molecule has 0 aromatic carbocycles. The lowest BCUT2D eigenvalue weighted by molar-refractivity contribution is -0.754. The average Bonchev–Trinajstić information content (AvgIpc) is 1.63. The average molecular weight is 127 g/mol. The van der Waals surface area contributed by atoms with Crippen LogP contribution < -0.4 is 4.81 Å². The first-order valence-electron chi connectivity index (χ1n) is 3.35. The van der Waals surface area contributed by atoms with E-state index in [0.717, 1.165) is 17.9 Å². The van der Waals surface area contributed by atoms with Crippen LogP contribution in [-0.4, -0.2) is 47.1 Å². The van der Waals surface area contributed by atoms with Gasteiger partial charge in [-0.2, -0.15) is 0 Å². The number of hydrogen-bond donors (Lipinski definition) is 1. The third-order valence-electron chi connectivity index (χ3n) is 1.18. The molecule has 0 heterocycles. The Morgan fingerprint density at radius 1 is 1.44 bits per heavy atom. The number of nitrogens with zero attached hydrogens (tertiary/aromatic N) is 1. The van der Waals surface area contributed by atoms with E-state index < -0.39 is 0 Å². The standard InChI is InChI=1S/C6H16BN2/c1-8(2)5-4-6-9(3)7/h9H,4-6H2,1-3H3. The SMILES string of the molecule is [B-][NH+](C)CCCN(C)C. The Hall–Kier alpha value is -0.0151. The fraction of sp³-hybridized carbons (Fsp3) is 1.00. The molecule has 1 unspecified atom stereocenters. The van der Waals surface area contributed by atoms with Crippen LogP contribution in [0.2, 0.25) is 0 Å². The van der Waals surface area contributed by atoms with E-state index in [1.807, 2.05) is 7.05 Å². The molecular weight excluding hydrogens is 111 g/mol. The predicted octanol–water partition coefficient (Wildman–Crippen LogP) is -1.46. The van der Waals surface area contributed by atoms with Crippen molar-refractivity contribution in [1.82, 2.24) is 4.90 Å². The number of rotatable bonds is 4. The van der Waals surface area contributed by atoms with Gasteiger partial charge < -0.3 is 9.71 Å². The normalized spacial score (nSPS) is 14.3. The predicted molar refractivity (Wildman–Crippen MR) is 40.7 cm³/mol. The van der Waals surface area contributed by atoms with Gasteiger partial charge in [-0.15, -0.1) is 0 Å². The molecule has 0 saturated heterocycles. The summed E-state index contributed by atoms with van der Waals surface area (Å²) in [6, 6.07) is 0. The molecule has 3 radical (unpaired) electrons. The van der Waals surface area contributed by atoms with Gasteiger partial charge in [-0.05, 0) is 14.1 Å². The van der Waals surface area contributed by atoms with Gasteiger partial charge in [0, 0.05) is 26.6 Å². The van der Waals surface area contributed by atoms with Crippen LogP contribution in [0, 0.1) is 0 Å². The maximum absolute atomic E-state index is 5.48. The van der Waals surface area contributed by atoms with Crippen LogP contribution in [-0.2, 0) is 0 Å². The third-order valence-corrected chi connectivity index (χ3v) is 1.18. The molecule has 0 fully saturated rings. The molecule has 0 amide bonds. The van der Waals surface area contributed by atoms with E-state index in [9.17, 15) is 0 Å². The molecule has 1 N–H and O–H groups in total. The number of hydrogen-bond acceptors (Lipinski definition) is 1. The van der Waals surface area contributed by atoms with E-state index in [1.54, 1.807) is 0 Å². The Balaban J connectivity index is 2.91. The zero-order chi connectivity index (χ0) is 7.28. The zero-order valence-corrected chi connectivity index (χ0v) is 6.65. The van der Waals surface area contributed by atoms with Crippen LogP contribution in [0.4, 0.5) is 0 Å². The molecule has 0 aromatic heterocycles. The van der Waals surface area contributed by atoms with E-state index in [2.05, 4.69) is 19.0 Å². The Bertz CT molecular complexity index is 56.1. The molecule has 2 nitrogen and oxygen atoms in total. The van der Waals surface area contributed by atoms with Crippen LogP contribution in [0.1, 0.15) is 6.42 Å². The van der Waals surface area contributed by atoms with Crippen LogP contribution in [0.15, 0.2) is 0 Å². The topological polar surface area (TPSA) is 7.68 Å². The van der Waals surface area contributed by atoms with Crippen molar-refractivity contribution in [2.24, 2.45) is 0 Å². The smallest absolute Gasteiger partial charge is 0.0318 e. The Kier molecular flexibility index (Phi) is 4.82. The first kappa shape index (κ1) is 8.98. The van der Waals surface area contributed by atoms with Gasteiger partial charge in [0.05, 0.1) is 0 Å². The second kappa shape index (κ2) is 4.83. The van der Waals surface area contributed by atoms with Crippen LogP contribution in [0.25, 0.3) is 0 Å². The maximum Gasteiger partial charge on any atom is 0.0318 e. The molecule has 53 valence electrons. The molecule has 0 aliphatic carbocycles. The molecule has 0 spiro atoms. The molecule has 0 aromatic rings. The molecule has 3 heteroatoms. The molecule has 9 heavy (non-hydrogen) atoms. The lowest BCUT2D eigenvalue weighted by atomic mass is 10.3. The summed E-state index contributed by atoms with van der Waals surface area (Å²) in [4.78, 5) is 3.21. The third kappa shape index (κ3) is 7.98. The first-order chi connectivity index (χ1) is 4.13. The summed E-state index contributed by atoms with van der Waals surface area (Å²) in [5.74, 6) is 0. The van der Waals surface area contributed by atoms with Gasteiger partial charge in [-0.25, -0.2) is 7.98 Å². The largest absolute Gasteiger partial charge is 0.600 e. The number of quaternary nitrogens is 1. The van der Waals surface area contributed by atoms with E-state index in [4.69, 9.17) is 7.98 Å². The van der Waals surface area contributed by atoms with E-state index in [-0.39, 0.29) is 0 Å². The maximum atomic E-state index is 5.48.